The maximum Gasteiger partial charge on any atom is 0.353 e. The summed E-state index contributed by atoms with van der Waals surface area (Å²) in [6.07, 6.45) is 0.184. The van der Waals surface area contributed by atoms with Crippen molar-refractivity contribution in [3.8, 4) is 6.07 Å². The van der Waals surface area contributed by atoms with Crippen LogP contribution in [0.4, 0.5) is 0 Å². The molecule has 3 rings (SSSR count). The van der Waals surface area contributed by atoms with Gasteiger partial charge >= 0.3 is 5.97 Å². The van der Waals surface area contributed by atoms with Crippen molar-refractivity contribution < 1.29 is 19.5 Å². The lowest BCUT2D eigenvalue weighted by atomic mass is 10.0. The van der Waals surface area contributed by atoms with Crippen molar-refractivity contribution in [3.05, 3.63) is 33.7 Å². The minimum atomic E-state index is -1.30. The van der Waals surface area contributed by atoms with Crippen molar-refractivity contribution in [2.24, 2.45) is 0 Å². The van der Waals surface area contributed by atoms with Gasteiger partial charge in [-0.25, -0.2) is 4.79 Å². The van der Waals surface area contributed by atoms with Crippen LogP contribution in [0.25, 0.3) is 0 Å². The molecule has 0 unspecified atom stereocenters. The molecule has 3 heterocycles. The molecule has 2 aliphatic rings. The van der Waals surface area contributed by atoms with Crippen molar-refractivity contribution >= 4 is 40.9 Å². The first-order valence-corrected chi connectivity index (χ1v) is 8.58. The highest BCUT2D eigenvalue weighted by molar-refractivity contribution is 8.00. The van der Waals surface area contributed by atoms with Crippen LogP contribution in [0.3, 0.4) is 0 Å². The zero-order chi connectivity index (χ0) is 16.6. The van der Waals surface area contributed by atoms with E-state index in [9.17, 15) is 19.5 Å². The molecule has 1 aromatic rings. The lowest BCUT2D eigenvalue weighted by Crippen LogP contribution is -2.70. The summed E-state index contributed by atoms with van der Waals surface area (Å²) in [5.41, 5.74) is -0.208. The van der Waals surface area contributed by atoms with Gasteiger partial charge < -0.3 is 10.4 Å². The van der Waals surface area contributed by atoms with E-state index in [1.807, 2.05) is 23.6 Å². The van der Waals surface area contributed by atoms with E-state index in [1.54, 1.807) is 0 Å². The number of carbonyl (C=O) groups excluding carboxylic acids is 2. The standard InChI is InChI=1S/C14H11N3O4S2/c15-5-7-6-23-13-10(12(19)17(13)11(7)14(20)21)16-9(18)4-8-2-1-3-22-8/h1-3,10,13H,4,6H2,(H,16,18)(H,20,21)/t10-,13-/m1/s1. The summed E-state index contributed by atoms with van der Waals surface area (Å²) in [5, 5.41) is 22.3. The number of nitriles is 1. The van der Waals surface area contributed by atoms with Crippen LogP contribution in [-0.4, -0.2) is 45.0 Å². The molecule has 2 amide bonds. The molecular formula is C14H11N3O4S2. The van der Waals surface area contributed by atoms with Gasteiger partial charge in [0.15, 0.2) is 0 Å². The third-order valence-electron chi connectivity index (χ3n) is 3.54. The van der Waals surface area contributed by atoms with Crippen LogP contribution in [-0.2, 0) is 20.8 Å². The van der Waals surface area contributed by atoms with Crippen LogP contribution in [0.15, 0.2) is 28.8 Å². The molecule has 9 heteroatoms. The summed E-state index contributed by atoms with van der Waals surface area (Å²) in [6.45, 7) is 0. The van der Waals surface area contributed by atoms with Crippen LogP contribution >= 0.6 is 23.1 Å². The molecule has 2 N–H and O–H groups in total. The number of aliphatic carboxylic acids is 1. The van der Waals surface area contributed by atoms with Crippen LogP contribution < -0.4 is 5.32 Å². The average Bonchev–Trinajstić information content (AvgIpc) is 3.03. The number of hydrogen-bond donors (Lipinski definition) is 2. The Hall–Kier alpha value is -2.31. The first-order chi connectivity index (χ1) is 11.0. The van der Waals surface area contributed by atoms with E-state index in [0.29, 0.717) is 0 Å². The molecule has 0 radical (unpaired) electrons. The average molecular weight is 349 g/mol. The highest BCUT2D eigenvalue weighted by Crippen LogP contribution is 2.40. The molecule has 23 heavy (non-hydrogen) atoms. The maximum atomic E-state index is 12.2. The zero-order valence-corrected chi connectivity index (χ0v) is 13.3. The first kappa shape index (κ1) is 15.6. The second-order valence-corrected chi connectivity index (χ2v) is 7.09. The molecule has 7 nitrogen and oxygen atoms in total. The fraction of sp³-hybridized carbons (Fsp3) is 0.286. The third-order valence-corrected chi connectivity index (χ3v) is 5.69. The SMILES string of the molecule is N#CC1=C(C(=O)O)N2C(=O)[C@@H](NC(=O)Cc3cccs3)[C@H]2SC1. The topological polar surface area (TPSA) is 110 Å². The predicted molar refractivity (Wildman–Crippen MR) is 83.3 cm³/mol. The molecule has 1 saturated heterocycles. The quantitative estimate of drug-likeness (QED) is 0.768. The molecular weight excluding hydrogens is 338 g/mol. The Morgan fingerprint density at radius 2 is 2.30 bits per heavy atom. The second kappa shape index (κ2) is 6.06. The Bertz CT molecular complexity index is 751. The minimum Gasteiger partial charge on any atom is -0.477 e. The lowest BCUT2D eigenvalue weighted by Gasteiger charge is -2.48. The number of amides is 2. The van der Waals surface area contributed by atoms with Gasteiger partial charge in [-0.15, -0.1) is 23.1 Å². The molecule has 0 spiro atoms. The summed E-state index contributed by atoms with van der Waals surface area (Å²) in [6, 6.07) is 4.75. The summed E-state index contributed by atoms with van der Waals surface area (Å²) < 4.78 is 0. The molecule has 1 fully saturated rings. The summed E-state index contributed by atoms with van der Waals surface area (Å²) >= 11 is 2.73. The van der Waals surface area contributed by atoms with Crippen LogP contribution in [0.2, 0.25) is 0 Å². The first-order valence-electron chi connectivity index (χ1n) is 6.66. The van der Waals surface area contributed by atoms with Crippen LogP contribution in [0, 0.1) is 11.3 Å². The highest BCUT2D eigenvalue weighted by atomic mass is 32.2. The zero-order valence-electron chi connectivity index (χ0n) is 11.7. The number of carbonyl (C=O) groups is 3. The molecule has 0 saturated carbocycles. The van der Waals surface area contributed by atoms with Gasteiger partial charge in [0, 0.05) is 10.6 Å². The highest BCUT2D eigenvalue weighted by Gasteiger charge is 2.54. The molecule has 2 aliphatic heterocycles. The van der Waals surface area contributed by atoms with Gasteiger partial charge in [0.2, 0.25) is 5.91 Å². The van der Waals surface area contributed by atoms with E-state index < -0.39 is 23.3 Å². The van der Waals surface area contributed by atoms with E-state index in [0.717, 1.165) is 9.78 Å². The molecule has 1 aromatic heterocycles. The molecule has 0 aliphatic carbocycles. The number of nitrogens with zero attached hydrogens (tertiary/aromatic N) is 2. The third kappa shape index (κ3) is 2.71. The van der Waals surface area contributed by atoms with Crippen molar-refractivity contribution in [2.75, 3.05) is 5.75 Å². The number of fused-ring (bicyclic) bond motifs is 1. The Morgan fingerprint density at radius 1 is 1.52 bits per heavy atom. The van der Waals surface area contributed by atoms with Gasteiger partial charge in [0.1, 0.15) is 17.1 Å². The monoisotopic (exact) mass is 349 g/mol. The number of β-lactam (4-membered cyclic amide) rings is 1. The minimum absolute atomic E-state index is 0.0652. The van der Waals surface area contributed by atoms with E-state index in [4.69, 9.17) is 5.26 Å². The van der Waals surface area contributed by atoms with Gasteiger partial charge in [-0.3, -0.25) is 14.5 Å². The van der Waals surface area contributed by atoms with Crippen molar-refractivity contribution in [2.45, 2.75) is 17.8 Å². The largest absolute Gasteiger partial charge is 0.477 e. The summed E-state index contributed by atoms with van der Waals surface area (Å²) in [7, 11) is 0. The normalized spacial score (nSPS) is 22.9. The van der Waals surface area contributed by atoms with E-state index >= 15 is 0 Å². The molecule has 2 atom stereocenters. The Balaban J connectivity index is 1.71. The summed E-state index contributed by atoms with van der Waals surface area (Å²) in [4.78, 5) is 37.5. The van der Waals surface area contributed by atoms with E-state index in [2.05, 4.69) is 5.32 Å². The number of nitrogens with one attached hydrogen (secondary N) is 1. The van der Waals surface area contributed by atoms with Gasteiger partial charge in [0.05, 0.1) is 18.1 Å². The van der Waals surface area contributed by atoms with Crippen LogP contribution in [0.1, 0.15) is 4.88 Å². The molecule has 118 valence electrons. The Morgan fingerprint density at radius 3 is 2.91 bits per heavy atom. The maximum absolute atomic E-state index is 12.2. The van der Waals surface area contributed by atoms with Crippen LogP contribution in [0.5, 0.6) is 0 Å². The fourth-order valence-corrected chi connectivity index (χ4v) is 4.48. The van der Waals surface area contributed by atoms with Crippen molar-refractivity contribution in [3.63, 3.8) is 0 Å². The number of thioether (sulfide) groups is 1. The number of hydrogen-bond acceptors (Lipinski definition) is 6. The number of thiophene rings is 1. The molecule has 0 aromatic carbocycles. The van der Waals surface area contributed by atoms with Gasteiger partial charge in [-0.2, -0.15) is 5.26 Å². The molecule has 0 bridgehead atoms. The van der Waals surface area contributed by atoms with Gasteiger partial charge in [-0.1, -0.05) is 6.07 Å². The van der Waals surface area contributed by atoms with Crippen molar-refractivity contribution in [1.82, 2.24) is 10.2 Å². The van der Waals surface area contributed by atoms with E-state index in [-0.39, 0.29) is 29.4 Å². The Labute approximate surface area is 139 Å². The predicted octanol–water partition coefficient (Wildman–Crippen LogP) is 0.553. The Kier molecular flexibility index (Phi) is 4.11. The number of rotatable bonds is 4. The fourth-order valence-electron chi connectivity index (χ4n) is 2.50. The second-order valence-electron chi connectivity index (χ2n) is 4.96. The van der Waals surface area contributed by atoms with E-state index in [1.165, 1.54) is 23.1 Å². The van der Waals surface area contributed by atoms with Gasteiger partial charge in [0.25, 0.3) is 5.91 Å². The number of carboxylic acid groups (broad SMARTS) is 1. The number of carboxylic acids is 1. The summed E-state index contributed by atoms with van der Waals surface area (Å²) in [5.74, 6) is -1.86. The van der Waals surface area contributed by atoms with Crippen molar-refractivity contribution in [1.29, 1.82) is 5.26 Å². The smallest absolute Gasteiger partial charge is 0.353 e. The lowest BCUT2D eigenvalue weighted by molar-refractivity contribution is -0.150. The van der Waals surface area contributed by atoms with Gasteiger partial charge in [-0.05, 0) is 11.4 Å².